The molecule has 0 N–H and O–H groups in total. The molecule has 0 bridgehead atoms. The van der Waals surface area contributed by atoms with Gasteiger partial charge in [-0.05, 0) is 53.0 Å². The second-order valence-corrected chi connectivity index (χ2v) is 5.74. The van der Waals surface area contributed by atoms with Crippen molar-refractivity contribution in [3.05, 3.63) is 58.4 Å². The van der Waals surface area contributed by atoms with Crippen LogP contribution in [-0.4, -0.2) is 14.2 Å². The number of aryl methyl sites for hydroxylation is 1. The third-order valence-electron chi connectivity index (χ3n) is 3.66. The van der Waals surface area contributed by atoms with Gasteiger partial charge in [0.05, 0.1) is 13.2 Å². The van der Waals surface area contributed by atoms with Crippen molar-refractivity contribution in [2.24, 2.45) is 0 Å². The lowest BCUT2D eigenvalue weighted by Crippen LogP contribution is -2.01. The van der Waals surface area contributed by atoms with Crippen LogP contribution in [0.15, 0.2) is 30.3 Å². The summed E-state index contributed by atoms with van der Waals surface area (Å²) in [7, 11) is 6.05. The molecule has 0 fully saturated rings. The highest BCUT2D eigenvalue weighted by Crippen LogP contribution is 2.31. The third-order valence-corrected chi connectivity index (χ3v) is 4.10. The summed E-state index contributed by atoms with van der Waals surface area (Å²) in [5.41, 5.74) is 5.62. The van der Waals surface area contributed by atoms with Gasteiger partial charge in [-0.3, -0.25) is 0 Å². The molecule has 0 amide bonds. The molecule has 2 aromatic rings. The molecular formula is C18H22FO2P. The molecule has 0 radical (unpaired) electrons. The Labute approximate surface area is 133 Å². The van der Waals surface area contributed by atoms with E-state index in [-0.39, 0.29) is 5.82 Å². The van der Waals surface area contributed by atoms with Crippen LogP contribution in [-0.2, 0) is 28.8 Å². The zero-order chi connectivity index (χ0) is 16.1. The Hall–Kier alpha value is -1.28. The van der Waals surface area contributed by atoms with Crippen LogP contribution >= 0.6 is 9.24 Å². The minimum absolute atomic E-state index is 0.209. The van der Waals surface area contributed by atoms with E-state index in [1.54, 1.807) is 20.3 Å². The smallest absolute Gasteiger partial charge is 0.131 e. The molecule has 1 unspecified atom stereocenters. The van der Waals surface area contributed by atoms with Gasteiger partial charge < -0.3 is 9.47 Å². The summed E-state index contributed by atoms with van der Waals surface area (Å²) in [5.74, 6) is -0.209. The maximum Gasteiger partial charge on any atom is 0.131 e. The van der Waals surface area contributed by atoms with Gasteiger partial charge in [-0.2, -0.15) is 0 Å². The number of hydrogen-bond donors (Lipinski definition) is 0. The summed E-state index contributed by atoms with van der Waals surface area (Å²) in [6.45, 7) is 2.85. The Balaban J connectivity index is 2.62. The first-order valence-corrected chi connectivity index (χ1v) is 8.01. The summed E-state index contributed by atoms with van der Waals surface area (Å²) in [6, 6.07) is 9.42. The molecule has 0 aliphatic rings. The number of hydrogen-bond acceptors (Lipinski definition) is 2. The average molecular weight is 320 g/mol. The molecule has 0 spiro atoms. The van der Waals surface area contributed by atoms with Crippen molar-refractivity contribution < 1.29 is 13.9 Å². The van der Waals surface area contributed by atoms with Crippen molar-refractivity contribution in [1.82, 2.24) is 0 Å². The van der Waals surface area contributed by atoms with Gasteiger partial charge in [0.2, 0.25) is 0 Å². The quantitative estimate of drug-likeness (QED) is 0.731. The minimum Gasteiger partial charge on any atom is -0.380 e. The van der Waals surface area contributed by atoms with Crippen LogP contribution in [0.2, 0.25) is 0 Å². The van der Waals surface area contributed by atoms with E-state index in [0.717, 1.165) is 28.4 Å². The summed E-state index contributed by atoms with van der Waals surface area (Å²) in [6.07, 6.45) is 0.825. The molecule has 2 aromatic carbocycles. The lowest BCUT2D eigenvalue weighted by molar-refractivity contribution is 0.182. The van der Waals surface area contributed by atoms with Crippen LogP contribution in [0.5, 0.6) is 0 Å². The van der Waals surface area contributed by atoms with Crippen LogP contribution in [0, 0.1) is 12.7 Å². The second kappa shape index (κ2) is 7.82. The Morgan fingerprint density at radius 1 is 0.909 bits per heavy atom. The first-order valence-electron chi connectivity index (χ1n) is 7.19. The van der Waals surface area contributed by atoms with Crippen molar-refractivity contribution in [2.45, 2.75) is 26.3 Å². The molecule has 118 valence electrons. The van der Waals surface area contributed by atoms with E-state index in [2.05, 4.69) is 15.3 Å². The average Bonchev–Trinajstić information content (AvgIpc) is 2.49. The summed E-state index contributed by atoms with van der Waals surface area (Å²) in [4.78, 5) is 0. The van der Waals surface area contributed by atoms with Crippen molar-refractivity contribution >= 4 is 9.24 Å². The van der Waals surface area contributed by atoms with E-state index < -0.39 is 0 Å². The van der Waals surface area contributed by atoms with Gasteiger partial charge in [0.1, 0.15) is 5.82 Å². The van der Waals surface area contributed by atoms with Crippen LogP contribution < -0.4 is 0 Å². The summed E-state index contributed by atoms with van der Waals surface area (Å²) < 4.78 is 24.9. The molecular weight excluding hydrogens is 298 g/mol. The highest BCUT2D eigenvalue weighted by molar-refractivity contribution is 7.15. The molecule has 0 saturated heterocycles. The van der Waals surface area contributed by atoms with E-state index in [4.69, 9.17) is 9.47 Å². The molecule has 0 aliphatic heterocycles. The fraction of sp³-hybridized carbons (Fsp3) is 0.333. The number of methoxy groups -OCH3 is 2. The van der Waals surface area contributed by atoms with Crippen LogP contribution in [0.25, 0.3) is 11.1 Å². The first kappa shape index (κ1) is 17.1. The third kappa shape index (κ3) is 3.73. The van der Waals surface area contributed by atoms with Crippen LogP contribution in [0.3, 0.4) is 0 Å². The van der Waals surface area contributed by atoms with E-state index in [1.165, 1.54) is 5.56 Å². The fourth-order valence-electron chi connectivity index (χ4n) is 2.58. The monoisotopic (exact) mass is 320 g/mol. The zero-order valence-electron chi connectivity index (χ0n) is 13.3. The molecule has 0 saturated carbocycles. The first-order chi connectivity index (χ1) is 10.6. The lowest BCUT2D eigenvalue weighted by atomic mass is 9.93. The summed E-state index contributed by atoms with van der Waals surface area (Å²) in [5, 5.41) is 0. The van der Waals surface area contributed by atoms with Crippen molar-refractivity contribution in [3.63, 3.8) is 0 Å². The number of halogens is 1. The maximum absolute atomic E-state index is 14.4. The lowest BCUT2D eigenvalue weighted by Gasteiger charge is -2.16. The Morgan fingerprint density at radius 2 is 1.59 bits per heavy atom. The van der Waals surface area contributed by atoms with Crippen LogP contribution in [0.1, 0.15) is 22.3 Å². The minimum atomic E-state index is -0.209. The van der Waals surface area contributed by atoms with Crippen molar-refractivity contribution in [3.8, 4) is 11.1 Å². The Kier molecular flexibility index (Phi) is 6.07. The van der Waals surface area contributed by atoms with E-state index in [1.807, 2.05) is 25.1 Å². The van der Waals surface area contributed by atoms with E-state index >= 15 is 0 Å². The predicted octanol–water partition coefficient (Wildman–Crippen LogP) is 4.47. The van der Waals surface area contributed by atoms with E-state index in [0.29, 0.717) is 18.8 Å². The van der Waals surface area contributed by atoms with Gasteiger partial charge in [-0.1, -0.05) is 18.2 Å². The molecule has 4 heteroatoms. The molecule has 0 aromatic heterocycles. The zero-order valence-corrected chi connectivity index (χ0v) is 14.4. The second-order valence-electron chi connectivity index (χ2n) is 5.33. The predicted molar refractivity (Wildman–Crippen MR) is 91.4 cm³/mol. The number of benzene rings is 2. The highest BCUT2D eigenvalue weighted by atomic mass is 31.0. The number of ether oxygens (including phenoxy) is 2. The largest absolute Gasteiger partial charge is 0.380 e. The van der Waals surface area contributed by atoms with Gasteiger partial charge in [0.25, 0.3) is 0 Å². The molecule has 0 aliphatic carbocycles. The van der Waals surface area contributed by atoms with Gasteiger partial charge >= 0.3 is 0 Å². The van der Waals surface area contributed by atoms with Crippen molar-refractivity contribution in [1.29, 1.82) is 0 Å². The van der Waals surface area contributed by atoms with E-state index in [9.17, 15) is 4.39 Å². The Morgan fingerprint density at radius 3 is 2.18 bits per heavy atom. The number of rotatable bonds is 6. The van der Waals surface area contributed by atoms with Gasteiger partial charge in [0, 0.05) is 19.8 Å². The van der Waals surface area contributed by atoms with Crippen molar-refractivity contribution in [2.75, 3.05) is 14.2 Å². The molecule has 22 heavy (non-hydrogen) atoms. The highest BCUT2D eigenvalue weighted by Gasteiger charge is 2.14. The maximum atomic E-state index is 14.4. The normalized spacial score (nSPS) is 11.0. The fourth-order valence-corrected chi connectivity index (χ4v) is 2.96. The SMILES string of the molecule is COCc1cc(-c2ccc(C)cc2F)c(COC)cc1CP. The van der Waals surface area contributed by atoms with Crippen LogP contribution in [0.4, 0.5) is 4.39 Å². The van der Waals surface area contributed by atoms with Gasteiger partial charge in [-0.15, -0.1) is 9.24 Å². The molecule has 0 heterocycles. The molecule has 1 atom stereocenters. The molecule has 2 nitrogen and oxygen atoms in total. The summed E-state index contributed by atoms with van der Waals surface area (Å²) >= 11 is 0. The molecule has 2 rings (SSSR count). The van der Waals surface area contributed by atoms with Gasteiger partial charge in [-0.25, -0.2) is 4.39 Å². The topological polar surface area (TPSA) is 18.5 Å². The van der Waals surface area contributed by atoms with Gasteiger partial charge in [0.15, 0.2) is 0 Å². The standard InChI is InChI=1S/C18H22FO2P/c1-12-4-5-16(18(19)6-12)17-8-13(9-20-2)15(11-22)7-14(17)10-21-3/h4-8H,9-11,22H2,1-3H3. The Bertz CT molecular complexity index is 656.